The summed E-state index contributed by atoms with van der Waals surface area (Å²) in [5, 5.41) is 3.15. The van der Waals surface area contributed by atoms with E-state index < -0.39 is 0 Å². The van der Waals surface area contributed by atoms with Gasteiger partial charge in [-0.05, 0) is 68.0 Å². The van der Waals surface area contributed by atoms with E-state index in [4.69, 9.17) is 4.74 Å². The number of carbonyl (C=O) groups excluding carboxylic acids is 2. The topological polar surface area (TPSA) is 74.4 Å². The Kier molecular flexibility index (Phi) is 6.42. The number of H-pyrrole nitrogens is 1. The lowest BCUT2D eigenvalue weighted by Crippen LogP contribution is -2.40. The highest BCUT2D eigenvalue weighted by atomic mass is 16.5. The first-order valence-electron chi connectivity index (χ1n) is 11.7. The van der Waals surface area contributed by atoms with Crippen molar-refractivity contribution < 1.29 is 14.3 Å². The van der Waals surface area contributed by atoms with Gasteiger partial charge in [0.1, 0.15) is 11.4 Å². The maximum Gasteiger partial charge on any atom is 0.268 e. The molecule has 1 aliphatic carbocycles. The van der Waals surface area contributed by atoms with Crippen molar-refractivity contribution in [3.63, 3.8) is 0 Å². The number of ketones is 1. The lowest BCUT2D eigenvalue weighted by Gasteiger charge is -2.35. The third-order valence-corrected chi connectivity index (χ3v) is 6.92. The van der Waals surface area contributed by atoms with Crippen LogP contribution in [0.4, 0.5) is 0 Å². The fourth-order valence-electron chi connectivity index (χ4n) is 5.25. The zero-order chi connectivity index (χ0) is 22.9. The molecule has 1 aromatic carbocycles. The second kappa shape index (κ2) is 9.10. The molecule has 1 saturated heterocycles. The van der Waals surface area contributed by atoms with Crippen LogP contribution >= 0.6 is 0 Å². The summed E-state index contributed by atoms with van der Waals surface area (Å²) in [6.45, 7) is 8.67. The highest BCUT2D eigenvalue weighted by molar-refractivity contribution is 6.04. The largest absolute Gasteiger partial charge is 0.497 e. The van der Waals surface area contributed by atoms with Crippen LogP contribution in [0.25, 0.3) is 0 Å². The molecular weight excluding hydrogens is 402 g/mol. The van der Waals surface area contributed by atoms with Crippen molar-refractivity contribution in [1.82, 2.24) is 15.2 Å². The summed E-state index contributed by atoms with van der Waals surface area (Å²) in [4.78, 5) is 31.6. The molecule has 1 fully saturated rings. The zero-order valence-corrected chi connectivity index (χ0v) is 19.7. The molecular formula is C26H35N3O3. The molecule has 2 heterocycles. The van der Waals surface area contributed by atoms with Crippen LogP contribution in [-0.4, -0.2) is 48.3 Å². The molecule has 4 rings (SSSR count). The van der Waals surface area contributed by atoms with Gasteiger partial charge in [0.2, 0.25) is 0 Å². The average molecular weight is 438 g/mol. The molecule has 2 aliphatic rings. The number of hydrogen-bond acceptors (Lipinski definition) is 4. The Bertz CT molecular complexity index is 984. The van der Waals surface area contributed by atoms with Crippen LogP contribution in [0, 0.1) is 12.3 Å². The Labute approximate surface area is 190 Å². The van der Waals surface area contributed by atoms with Crippen LogP contribution in [0.15, 0.2) is 24.3 Å². The number of aromatic amines is 1. The minimum atomic E-state index is -0.141. The van der Waals surface area contributed by atoms with Crippen molar-refractivity contribution >= 4 is 11.7 Å². The number of hydrogen-bond donors (Lipinski definition) is 2. The summed E-state index contributed by atoms with van der Waals surface area (Å²) < 4.78 is 5.31. The molecule has 2 N–H and O–H groups in total. The molecule has 0 radical (unpaired) electrons. The van der Waals surface area contributed by atoms with Crippen molar-refractivity contribution in [3.05, 3.63) is 52.3 Å². The van der Waals surface area contributed by atoms with Gasteiger partial charge in [0.05, 0.1) is 13.2 Å². The number of methoxy groups -OCH3 is 1. The van der Waals surface area contributed by atoms with E-state index in [-0.39, 0.29) is 23.1 Å². The minimum Gasteiger partial charge on any atom is -0.497 e. The number of benzene rings is 1. The number of fused-ring (bicyclic) bond motifs is 1. The van der Waals surface area contributed by atoms with Gasteiger partial charge in [-0.3, -0.25) is 14.5 Å². The number of likely N-dealkylation sites (tertiary alicyclic amines) is 1. The van der Waals surface area contributed by atoms with Crippen molar-refractivity contribution in [3.8, 4) is 5.75 Å². The molecule has 2 aromatic rings. The number of piperidine rings is 1. The number of nitrogens with zero attached hydrogens (tertiary/aromatic N) is 1. The van der Waals surface area contributed by atoms with E-state index in [0.29, 0.717) is 18.7 Å². The summed E-state index contributed by atoms with van der Waals surface area (Å²) in [6.07, 6.45) is 4.93. The molecule has 32 heavy (non-hydrogen) atoms. The van der Waals surface area contributed by atoms with E-state index in [0.717, 1.165) is 42.1 Å². The van der Waals surface area contributed by atoms with E-state index in [9.17, 15) is 9.59 Å². The summed E-state index contributed by atoms with van der Waals surface area (Å²) >= 11 is 0. The monoisotopic (exact) mass is 437 g/mol. The van der Waals surface area contributed by atoms with Crippen molar-refractivity contribution in [2.45, 2.75) is 58.9 Å². The zero-order valence-electron chi connectivity index (χ0n) is 19.7. The van der Waals surface area contributed by atoms with Gasteiger partial charge in [-0.15, -0.1) is 0 Å². The van der Waals surface area contributed by atoms with Gasteiger partial charge in [0.15, 0.2) is 5.78 Å². The number of Topliss-reactive ketones (excluding diaryl/α,β-unsaturated/α-hetero) is 1. The van der Waals surface area contributed by atoms with Crippen LogP contribution in [-0.2, 0) is 6.42 Å². The first-order valence-corrected chi connectivity index (χ1v) is 11.7. The van der Waals surface area contributed by atoms with Gasteiger partial charge in [-0.2, -0.15) is 0 Å². The normalized spacial score (nSPS) is 19.3. The van der Waals surface area contributed by atoms with Crippen molar-refractivity contribution in [1.29, 1.82) is 0 Å². The SMILES string of the molecule is COc1ccc([C@@H](CNC(=O)c2[nH]c3c(c2C)C(=O)CC(C)(C)C3)N2CCCCC2)cc1. The van der Waals surface area contributed by atoms with Crippen LogP contribution in [0.1, 0.15) is 83.2 Å². The predicted octanol–water partition coefficient (Wildman–Crippen LogP) is 4.44. The smallest absolute Gasteiger partial charge is 0.268 e. The standard InChI is InChI=1S/C26H35N3O3/c1-17-23-20(14-26(2,3)15-22(23)30)28-24(17)25(31)27-16-21(29-12-6-5-7-13-29)18-8-10-19(32-4)11-9-18/h8-11,21,28H,5-7,12-16H2,1-4H3,(H,27,31)/t21-/m1/s1. The number of rotatable bonds is 6. The second-order valence-corrected chi connectivity index (χ2v) is 10.0. The van der Waals surface area contributed by atoms with Gasteiger partial charge in [-0.25, -0.2) is 0 Å². The van der Waals surface area contributed by atoms with Gasteiger partial charge < -0.3 is 15.0 Å². The van der Waals surface area contributed by atoms with E-state index >= 15 is 0 Å². The average Bonchev–Trinajstić information content (AvgIpc) is 3.10. The molecule has 172 valence electrons. The van der Waals surface area contributed by atoms with Gasteiger partial charge in [0, 0.05) is 24.2 Å². The third-order valence-electron chi connectivity index (χ3n) is 6.92. The summed E-state index contributed by atoms with van der Waals surface area (Å²) in [5.74, 6) is 0.821. The van der Waals surface area contributed by atoms with Crippen LogP contribution in [0.3, 0.4) is 0 Å². The number of aromatic nitrogens is 1. The molecule has 0 bridgehead atoms. The fourth-order valence-corrected chi connectivity index (χ4v) is 5.25. The minimum absolute atomic E-state index is 0.0805. The molecule has 1 aromatic heterocycles. The summed E-state index contributed by atoms with van der Waals surface area (Å²) in [5.41, 5.74) is 4.01. The Morgan fingerprint density at radius 2 is 1.84 bits per heavy atom. The van der Waals surface area contributed by atoms with E-state index in [2.05, 4.69) is 41.2 Å². The molecule has 6 heteroatoms. The lowest BCUT2D eigenvalue weighted by atomic mass is 9.75. The number of ether oxygens (including phenoxy) is 1. The molecule has 1 amide bonds. The van der Waals surface area contributed by atoms with Crippen LogP contribution < -0.4 is 10.1 Å². The Balaban J connectivity index is 1.53. The Morgan fingerprint density at radius 3 is 2.50 bits per heavy atom. The molecule has 0 saturated carbocycles. The Hall–Kier alpha value is -2.60. The summed E-state index contributed by atoms with van der Waals surface area (Å²) in [6, 6.07) is 8.23. The van der Waals surface area contributed by atoms with Gasteiger partial charge >= 0.3 is 0 Å². The summed E-state index contributed by atoms with van der Waals surface area (Å²) in [7, 11) is 1.67. The molecule has 1 aliphatic heterocycles. The number of carbonyl (C=O) groups is 2. The maximum atomic E-state index is 13.2. The molecule has 0 unspecified atom stereocenters. The van der Waals surface area contributed by atoms with Gasteiger partial charge in [0.25, 0.3) is 5.91 Å². The highest BCUT2D eigenvalue weighted by Gasteiger charge is 2.35. The first kappa shape index (κ1) is 22.6. The number of nitrogens with one attached hydrogen (secondary N) is 2. The lowest BCUT2D eigenvalue weighted by molar-refractivity contribution is 0.0906. The van der Waals surface area contributed by atoms with Crippen LogP contribution in [0.5, 0.6) is 5.75 Å². The maximum absolute atomic E-state index is 13.2. The predicted molar refractivity (Wildman–Crippen MR) is 125 cm³/mol. The van der Waals surface area contributed by atoms with E-state index in [1.807, 2.05) is 19.1 Å². The molecule has 6 nitrogen and oxygen atoms in total. The van der Waals surface area contributed by atoms with E-state index in [1.165, 1.54) is 24.8 Å². The van der Waals surface area contributed by atoms with Gasteiger partial charge in [-0.1, -0.05) is 32.4 Å². The quantitative estimate of drug-likeness (QED) is 0.700. The molecule has 0 spiro atoms. The molecule has 1 atom stereocenters. The first-order chi connectivity index (χ1) is 15.3. The second-order valence-electron chi connectivity index (χ2n) is 10.0. The van der Waals surface area contributed by atoms with Crippen molar-refractivity contribution in [2.24, 2.45) is 5.41 Å². The van der Waals surface area contributed by atoms with E-state index in [1.54, 1.807) is 7.11 Å². The highest BCUT2D eigenvalue weighted by Crippen LogP contribution is 2.36. The Morgan fingerprint density at radius 1 is 1.16 bits per heavy atom. The number of amides is 1. The van der Waals surface area contributed by atoms with Crippen LogP contribution in [0.2, 0.25) is 0 Å². The van der Waals surface area contributed by atoms with Crippen molar-refractivity contribution in [2.75, 3.05) is 26.7 Å². The fraction of sp³-hybridized carbons (Fsp3) is 0.538. The third kappa shape index (κ3) is 4.60.